The number of rotatable bonds is 6. The normalized spacial score (nSPS) is 16.9. The summed E-state index contributed by atoms with van der Waals surface area (Å²) >= 11 is 2.36. The van der Waals surface area contributed by atoms with Gasteiger partial charge < -0.3 is 9.32 Å². The second-order valence-electron chi connectivity index (χ2n) is 11.1. The van der Waals surface area contributed by atoms with Crippen LogP contribution in [0.25, 0.3) is 11.0 Å². The molecule has 1 atom stereocenters. The first-order valence-electron chi connectivity index (χ1n) is 14.5. The van der Waals surface area contributed by atoms with Gasteiger partial charge in [-0.05, 0) is 42.3 Å². The first-order chi connectivity index (χ1) is 22.4. The van der Waals surface area contributed by atoms with E-state index < -0.39 is 22.8 Å². The van der Waals surface area contributed by atoms with E-state index in [4.69, 9.17) is 4.42 Å². The average Bonchev–Trinajstić information content (AvgIpc) is 3.71. The van der Waals surface area contributed by atoms with Crippen LogP contribution in [-0.4, -0.2) is 22.0 Å². The molecule has 6 aromatic rings. The summed E-state index contributed by atoms with van der Waals surface area (Å²) < 4.78 is 20.9. The molecule has 226 valence electrons. The lowest BCUT2D eigenvalue weighted by Crippen LogP contribution is -2.53. The van der Waals surface area contributed by atoms with Gasteiger partial charge in [0.25, 0.3) is 11.8 Å². The van der Waals surface area contributed by atoms with Crippen molar-refractivity contribution < 1.29 is 18.4 Å². The van der Waals surface area contributed by atoms with Crippen molar-refractivity contribution in [3.05, 3.63) is 147 Å². The van der Waals surface area contributed by atoms with E-state index in [1.807, 2.05) is 43.3 Å². The first-order valence-corrected chi connectivity index (χ1v) is 16.3. The molecule has 8 nitrogen and oxygen atoms in total. The van der Waals surface area contributed by atoms with Crippen LogP contribution >= 0.6 is 23.1 Å². The maximum atomic E-state index is 15.1. The van der Waals surface area contributed by atoms with E-state index in [1.165, 1.54) is 22.7 Å². The third-order valence-electron chi connectivity index (χ3n) is 8.39. The summed E-state index contributed by atoms with van der Waals surface area (Å²) in [5.41, 5.74) is 1.36. The van der Waals surface area contributed by atoms with Crippen LogP contribution in [0.5, 0.6) is 0 Å². The van der Waals surface area contributed by atoms with Crippen molar-refractivity contribution in [2.45, 2.75) is 29.1 Å². The topological polar surface area (TPSA) is 96.6 Å². The van der Waals surface area contributed by atoms with Crippen molar-refractivity contribution in [2.75, 3.05) is 9.80 Å². The summed E-state index contributed by atoms with van der Waals surface area (Å²) in [5, 5.41) is 9.03. The molecule has 11 heteroatoms. The van der Waals surface area contributed by atoms with E-state index in [0.717, 1.165) is 22.5 Å². The molecule has 1 unspecified atom stereocenters. The highest BCUT2D eigenvalue weighted by atomic mass is 32.2. The second-order valence-corrected chi connectivity index (χ2v) is 13.3. The Labute approximate surface area is 270 Å². The molecule has 0 saturated carbocycles. The van der Waals surface area contributed by atoms with Crippen molar-refractivity contribution in [1.82, 2.24) is 10.2 Å². The number of fused-ring (bicyclic) bond motifs is 5. The lowest BCUT2D eigenvalue weighted by molar-refractivity contribution is -0.121. The minimum Gasteiger partial charge on any atom is -0.450 e. The number of nitrogens with zero attached hydrogens (tertiary/aromatic N) is 4. The zero-order chi connectivity index (χ0) is 31.6. The number of aryl methyl sites for hydroxylation is 1. The molecule has 1 spiro atoms. The summed E-state index contributed by atoms with van der Waals surface area (Å²) in [4.78, 5) is 46.8. The lowest BCUT2D eigenvalue weighted by Gasteiger charge is -2.32. The molecule has 4 aromatic carbocycles. The van der Waals surface area contributed by atoms with Crippen LogP contribution < -0.4 is 15.2 Å². The number of carbonyl (C=O) groups excluding carboxylic acids is 2. The Morgan fingerprint density at radius 1 is 0.891 bits per heavy atom. The standard InChI is InChI=1S/C35H23FN4O4S2/c1-20-14-16-21(17-15-20)18-39-26-12-6-4-10-24(26)35(32(39)43)28-29(41)23-9-3-7-13-27(23)44-30(28)31(42)40(35)33-37-38-34(46-33)45-19-22-8-2-5-11-25(22)36/h2-17H,18-19H2,1H3. The van der Waals surface area contributed by atoms with Gasteiger partial charge in [-0.1, -0.05) is 101 Å². The van der Waals surface area contributed by atoms with E-state index in [0.29, 0.717) is 21.2 Å². The zero-order valence-electron chi connectivity index (χ0n) is 24.3. The predicted octanol–water partition coefficient (Wildman–Crippen LogP) is 6.84. The number of hydrogen-bond donors (Lipinski definition) is 0. The van der Waals surface area contributed by atoms with Crippen LogP contribution in [0.15, 0.2) is 111 Å². The molecule has 8 rings (SSSR count). The second kappa shape index (κ2) is 10.7. The highest BCUT2D eigenvalue weighted by Gasteiger charge is 2.66. The van der Waals surface area contributed by atoms with Crippen LogP contribution in [0.2, 0.25) is 0 Å². The fourth-order valence-corrected chi connectivity index (χ4v) is 8.13. The molecule has 0 aliphatic carbocycles. The van der Waals surface area contributed by atoms with Gasteiger partial charge in [-0.25, -0.2) is 4.39 Å². The quantitative estimate of drug-likeness (QED) is 0.145. The Bertz CT molecular complexity index is 2270. The lowest BCUT2D eigenvalue weighted by atomic mass is 9.84. The van der Waals surface area contributed by atoms with E-state index >= 15 is 4.79 Å². The van der Waals surface area contributed by atoms with E-state index in [2.05, 4.69) is 10.2 Å². The van der Waals surface area contributed by atoms with Gasteiger partial charge in [-0.15, -0.1) is 10.2 Å². The molecule has 0 radical (unpaired) electrons. The minimum absolute atomic E-state index is 0.0455. The summed E-state index contributed by atoms with van der Waals surface area (Å²) in [7, 11) is 0. The molecule has 2 aliphatic heterocycles. The molecule has 4 heterocycles. The summed E-state index contributed by atoms with van der Waals surface area (Å²) in [5.74, 6) is -1.39. The van der Waals surface area contributed by atoms with Gasteiger partial charge in [0.05, 0.1) is 23.2 Å². The van der Waals surface area contributed by atoms with Gasteiger partial charge in [-0.3, -0.25) is 19.3 Å². The summed E-state index contributed by atoms with van der Waals surface area (Å²) in [6.45, 7) is 2.20. The molecule has 0 fully saturated rings. The molecular weight excluding hydrogens is 624 g/mol. The third kappa shape index (κ3) is 4.15. The van der Waals surface area contributed by atoms with E-state index in [9.17, 15) is 14.0 Å². The fraction of sp³-hybridized carbons (Fsp3) is 0.114. The Morgan fingerprint density at radius 3 is 2.46 bits per heavy atom. The number of carbonyl (C=O) groups is 2. The molecule has 2 aliphatic rings. The number of aromatic nitrogens is 2. The number of benzene rings is 4. The Morgan fingerprint density at radius 2 is 1.63 bits per heavy atom. The number of anilines is 2. The number of thioether (sulfide) groups is 1. The molecule has 0 saturated heterocycles. The van der Waals surface area contributed by atoms with E-state index in [1.54, 1.807) is 59.5 Å². The van der Waals surface area contributed by atoms with Crippen LogP contribution in [0, 0.1) is 12.7 Å². The van der Waals surface area contributed by atoms with E-state index in [-0.39, 0.29) is 45.5 Å². The van der Waals surface area contributed by atoms with Crippen molar-refractivity contribution in [2.24, 2.45) is 0 Å². The van der Waals surface area contributed by atoms with Crippen molar-refractivity contribution >= 4 is 56.7 Å². The van der Waals surface area contributed by atoms with Gasteiger partial charge in [-0.2, -0.15) is 0 Å². The molecule has 0 bridgehead atoms. The largest absolute Gasteiger partial charge is 0.450 e. The van der Waals surface area contributed by atoms with Crippen LogP contribution in [-0.2, 0) is 22.6 Å². The Hall–Kier alpha value is -5.13. The first kappa shape index (κ1) is 28.4. The molecule has 2 aromatic heterocycles. The van der Waals surface area contributed by atoms with Gasteiger partial charge in [0, 0.05) is 11.3 Å². The number of hydrogen-bond acceptors (Lipinski definition) is 8. The summed E-state index contributed by atoms with van der Waals surface area (Å²) in [6, 6.07) is 28.2. The predicted molar refractivity (Wildman–Crippen MR) is 175 cm³/mol. The van der Waals surface area contributed by atoms with Gasteiger partial charge in [0.2, 0.25) is 10.9 Å². The maximum absolute atomic E-state index is 15.1. The van der Waals surface area contributed by atoms with Crippen LogP contribution in [0.1, 0.15) is 38.4 Å². The zero-order valence-corrected chi connectivity index (χ0v) is 25.9. The van der Waals surface area contributed by atoms with Crippen LogP contribution in [0.4, 0.5) is 15.2 Å². The third-order valence-corrected chi connectivity index (χ3v) is 10.5. The monoisotopic (exact) mass is 646 g/mol. The fourth-order valence-electron chi connectivity index (χ4n) is 6.25. The van der Waals surface area contributed by atoms with Crippen molar-refractivity contribution in [3.63, 3.8) is 0 Å². The van der Waals surface area contributed by atoms with Crippen LogP contribution in [0.3, 0.4) is 0 Å². The molecule has 46 heavy (non-hydrogen) atoms. The van der Waals surface area contributed by atoms with Gasteiger partial charge >= 0.3 is 0 Å². The molecule has 0 N–H and O–H groups in total. The Balaban J connectivity index is 1.31. The average molecular weight is 647 g/mol. The summed E-state index contributed by atoms with van der Waals surface area (Å²) in [6.07, 6.45) is 0. The highest BCUT2D eigenvalue weighted by Crippen LogP contribution is 2.55. The van der Waals surface area contributed by atoms with Gasteiger partial charge in [0.15, 0.2) is 15.3 Å². The molecule has 2 amide bonds. The number of amides is 2. The smallest absolute Gasteiger partial charge is 0.297 e. The van der Waals surface area contributed by atoms with Crippen molar-refractivity contribution in [1.29, 1.82) is 0 Å². The van der Waals surface area contributed by atoms with Crippen molar-refractivity contribution in [3.8, 4) is 0 Å². The maximum Gasteiger partial charge on any atom is 0.297 e. The van der Waals surface area contributed by atoms with Gasteiger partial charge in [0.1, 0.15) is 11.4 Å². The highest BCUT2D eigenvalue weighted by molar-refractivity contribution is 8.00. The minimum atomic E-state index is -1.88. The number of para-hydroxylation sites is 2. The Kier molecular flexibility index (Phi) is 6.62. The SMILES string of the molecule is Cc1ccc(CN2C(=O)C3(c4ccccc42)c2c(oc4ccccc4c2=O)C(=O)N3c2nnc(SCc3ccccc3F)s2)cc1. The molecular formula is C35H23FN4O4S2. The number of halogens is 1.